The number of hydrogen-bond donors (Lipinski definition) is 2. The lowest BCUT2D eigenvalue weighted by molar-refractivity contribution is 0.0900. The van der Waals surface area contributed by atoms with E-state index in [2.05, 4.69) is 15.6 Å². The molecule has 2 amide bonds. The topological polar surface area (TPSA) is 71.1 Å². The maximum absolute atomic E-state index is 12.3. The predicted octanol–water partition coefficient (Wildman–Crippen LogP) is 3.21. The number of amides is 2. The van der Waals surface area contributed by atoms with Crippen molar-refractivity contribution in [3.8, 4) is 0 Å². The number of aromatic nitrogens is 1. The van der Waals surface area contributed by atoms with E-state index in [0.717, 1.165) is 19.3 Å². The first kappa shape index (κ1) is 17.4. The number of nitrogens with one attached hydrogen (secondary N) is 2. The first-order chi connectivity index (χ1) is 12.1. The lowest BCUT2D eigenvalue weighted by Crippen LogP contribution is -2.45. The van der Waals surface area contributed by atoms with Crippen LogP contribution in [0.3, 0.4) is 0 Å². The van der Waals surface area contributed by atoms with Gasteiger partial charge in [0.2, 0.25) is 0 Å². The van der Waals surface area contributed by atoms with Gasteiger partial charge in [0.05, 0.1) is 0 Å². The molecule has 2 aromatic rings. The molecule has 0 saturated heterocycles. The number of rotatable bonds is 4. The minimum Gasteiger partial charge on any atom is -0.349 e. The van der Waals surface area contributed by atoms with E-state index in [1.807, 2.05) is 0 Å². The fraction of sp³-hybridized carbons (Fsp3) is 0.316. The van der Waals surface area contributed by atoms with E-state index < -0.39 is 0 Å². The molecule has 1 aromatic carbocycles. The number of pyridine rings is 1. The molecule has 0 unspecified atom stereocenters. The third-order valence-electron chi connectivity index (χ3n) is 4.33. The minimum atomic E-state index is -0.174. The SMILES string of the molecule is O=C(N[C@@H]1CCC[C@H](NC(=O)c2ccccn2)C1)c1cccc(Cl)c1. The second-order valence-electron chi connectivity index (χ2n) is 6.23. The van der Waals surface area contributed by atoms with Crippen LogP contribution in [0.15, 0.2) is 48.7 Å². The smallest absolute Gasteiger partial charge is 0.270 e. The Kier molecular flexibility index (Phi) is 5.66. The molecule has 1 heterocycles. The molecule has 130 valence electrons. The van der Waals surface area contributed by atoms with Gasteiger partial charge in [-0.15, -0.1) is 0 Å². The highest BCUT2D eigenvalue weighted by Crippen LogP contribution is 2.20. The second kappa shape index (κ2) is 8.12. The first-order valence-corrected chi connectivity index (χ1v) is 8.78. The molecule has 2 N–H and O–H groups in total. The van der Waals surface area contributed by atoms with Crippen molar-refractivity contribution in [3.05, 3.63) is 64.9 Å². The molecule has 0 bridgehead atoms. The van der Waals surface area contributed by atoms with Gasteiger partial charge >= 0.3 is 0 Å². The third kappa shape index (κ3) is 4.79. The molecule has 0 radical (unpaired) electrons. The monoisotopic (exact) mass is 357 g/mol. The maximum atomic E-state index is 12.3. The molecule has 3 rings (SSSR count). The summed E-state index contributed by atoms with van der Waals surface area (Å²) in [5.74, 6) is -0.309. The standard InChI is InChI=1S/C19H20ClN3O2/c20-14-6-3-5-13(11-14)18(24)22-15-7-4-8-16(12-15)23-19(25)17-9-1-2-10-21-17/h1-3,5-6,9-11,15-16H,4,7-8,12H2,(H,22,24)(H,23,25)/t15-,16+/m1/s1. The summed E-state index contributed by atoms with van der Waals surface area (Å²) < 4.78 is 0. The van der Waals surface area contributed by atoms with Crippen molar-refractivity contribution in [3.63, 3.8) is 0 Å². The highest BCUT2D eigenvalue weighted by atomic mass is 35.5. The van der Waals surface area contributed by atoms with Gasteiger partial charge in [0, 0.05) is 28.9 Å². The number of carbonyl (C=O) groups is 2. The average molecular weight is 358 g/mol. The van der Waals surface area contributed by atoms with Gasteiger partial charge in [-0.25, -0.2) is 0 Å². The normalized spacial score (nSPS) is 19.9. The summed E-state index contributed by atoms with van der Waals surface area (Å²) in [6.45, 7) is 0. The van der Waals surface area contributed by atoms with Crippen LogP contribution in [0.5, 0.6) is 0 Å². The maximum Gasteiger partial charge on any atom is 0.270 e. The highest BCUT2D eigenvalue weighted by Gasteiger charge is 2.25. The van der Waals surface area contributed by atoms with Crippen molar-refractivity contribution >= 4 is 23.4 Å². The summed E-state index contributed by atoms with van der Waals surface area (Å²) in [6, 6.07) is 12.2. The van der Waals surface area contributed by atoms with Gasteiger partial charge in [-0.2, -0.15) is 0 Å². The molecule has 1 aliphatic carbocycles. The lowest BCUT2D eigenvalue weighted by Gasteiger charge is -2.30. The van der Waals surface area contributed by atoms with Gasteiger partial charge in [0.25, 0.3) is 11.8 Å². The Labute approximate surface area is 151 Å². The van der Waals surface area contributed by atoms with Crippen LogP contribution in [-0.4, -0.2) is 28.9 Å². The van der Waals surface area contributed by atoms with Crippen molar-refractivity contribution in [2.24, 2.45) is 0 Å². The van der Waals surface area contributed by atoms with Crippen molar-refractivity contribution < 1.29 is 9.59 Å². The Morgan fingerprint density at radius 2 is 1.76 bits per heavy atom. The average Bonchev–Trinajstić information content (AvgIpc) is 2.63. The molecule has 5 nitrogen and oxygen atoms in total. The summed E-state index contributed by atoms with van der Waals surface area (Å²) in [6.07, 6.45) is 5.08. The van der Waals surface area contributed by atoms with E-state index in [4.69, 9.17) is 11.6 Å². The van der Waals surface area contributed by atoms with Crippen LogP contribution in [-0.2, 0) is 0 Å². The zero-order valence-corrected chi connectivity index (χ0v) is 14.5. The van der Waals surface area contributed by atoms with Gasteiger partial charge in [-0.3, -0.25) is 14.6 Å². The molecule has 0 spiro atoms. The zero-order valence-electron chi connectivity index (χ0n) is 13.7. The molecule has 0 aliphatic heterocycles. The molecule has 6 heteroatoms. The second-order valence-corrected chi connectivity index (χ2v) is 6.67. The largest absolute Gasteiger partial charge is 0.349 e. The fourth-order valence-corrected chi connectivity index (χ4v) is 3.30. The number of benzene rings is 1. The van der Waals surface area contributed by atoms with Crippen LogP contribution < -0.4 is 10.6 Å². The Balaban J connectivity index is 1.56. The number of carbonyl (C=O) groups excluding carboxylic acids is 2. The Morgan fingerprint density at radius 1 is 1.00 bits per heavy atom. The van der Waals surface area contributed by atoms with E-state index in [0.29, 0.717) is 22.7 Å². The number of halogens is 1. The third-order valence-corrected chi connectivity index (χ3v) is 4.56. The van der Waals surface area contributed by atoms with Crippen molar-refractivity contribution in [2.75, 3.05) is 0 Å². The Morgan fingerprint density at radius 3 is 2.44 bits per heavy atom. The molecule has 25 heavy (non-hydrogen) atoms. The van der Waals surface area contributed by atoms with E-state index >= 15 is 0 Å². The quantitative estimate of drug-likeness (QED) is 0.882. The summed E-state index contributed by atoms with van der Waals surface area (Å²) >= 11 is 5.94. The molecule has 1 fully saturated rings. The first-order valence-electron chi connectivity index (χ1n) is 8.40. The summed E-state index contributed by atoms with van der Waals surface area (Å²) in [4.78, 5) is 28.6. The minimum absolute atomic E-state index is 0.0351. The van der Waals surface area contributed by atoms with Crippen LogP contribution in [0.2, 0.25) is 5.02 Å². The Hall–Kier alpha value is -2.40. The van der Waals surface area contributed by atoms with Crippen molar-refractivity contribution in [1.82, 2.24) is 15.6 Å². The molecule has 1 saturated carbocycles. The van der Waals surface area contributed by atoms with Gasteiger partial charge in [-0.05, 0) is 56.0 Å². The molecular weight excluding hydrogens is 338 g/mol. The van der Waals surface area contributed by atoms with Crippen molar-refractivity contribution in [2.45, 2.75) is 37.8 Å². The van der Waals surface area contributed by atoms with E-state index in [-0.39, 0.29) is 23.9 Å². The summed E-state index contributed by atoms with van der Waals surface area (Å²) in [5, 5.41) is 6.59. The van der Waals surface area contributed by atoms with E-state index in [9.17, 15) is 9.59 Å². The number of hydrogen-bond acceptors (Lipinski definition) is 3. The molecule has 2 atom stereocenters. The lowest BCUT2D eigenvalue weighted by atomic mass is 9.90. The van der Waals surface area contributed by atoms with E-state index in [1.165, 1.54) is 0 Å². The van der Waals surface area contributed by atoms with E-state index in [1.54, 1.807) is 48.7 Å². The van der Waals surface area contributed by atoms with Gasteiger partial charge in [0.1, 0.15) is 5.69 Å². The fourth-order valence-electron chi connectivity index (χ4n) is 3.11. The molecule has 1 aromatic heterocycles. The molecule has 1 aliphatic rings. The van der Waals surface area contributed by atoms with Crippen molar-refractivity contribution in [1.29, 1.82) is 0 Å². The van der Waals surface area contributed by atoms with Crippen LogP contribution in [0, 0.1) is 0 Å². The highest BCUT2D eigenvalue weighted by molar-refractivity contribution is 6.30. The van der Waals surface area contributed by atoms with Gasteiger partial charge < -0.3 is 10.6 Å². The van der Waals surface area contributed by atoms with Crippen LogP contribution >= 0.6 is 11.6 Å². The summed E-state index contributed by atoms with van der Waals surface area (Å²) in [5.41, 5.74) is 0.958. The van der Waals surface area contributed by atoms with Gasteiger partial charge in [0.15, 0.2) is 0 Å². The predicted molar refractivity (Wildman–Crippen MR) is 96.7 cm³/mol. The number of nitrogens with zero attached hydrogens (tertiary/aromatic N) is 1. The Bertz CT molecular complexity index is 751. The van der Waals surface area contributed by atoms with Gasteiger partial charge in [-0.1, -0.05) is 23.7 Å². The van der Waals surface area contributed by atoms with Crippen LogP contribution in [0.1, 0.15) is 46.5 Å². The zero-order chi connectivity index (χ0) is 17.6. The summed E-state index contributed by atoms with van der Waals surface area (Å²) in [7, 11) is 0. The van der Waals surface area contributed by atoms with Crippen LogP contribution in [0.25, 0.3) is 0 Å². The van der Waals surface area contributed by atoms with Crippen LogP contribution in [0.4, 0.5) is 0 Å². The molecular formula is C19H20ClN3O2.